The summed E-state index contributed by atoms with van der Waals surface area (Å²) in [7, 11) is 0. The molecule has 4 aromatic heterocycles. The van der Waals surface area contributed by atoms with Gasteiger partial charge in [-0.3, -0.25) is 9.59 Å². The van der Waals surface area contributed by atoms with Gasteiger partial charge < -0.3 is 30.6 Å². The van der Waals surface area contributed by atoms with Gasteiger partial charge in [-0.05, 0) is 63.1 Å². The van der Waals surface area contributed by atoms with Crippen LogP contribution in [0.2, 0.25) is 0 Å². The summed E-state index contributed by atoms with van der Waals surface area (Å²) in [6.07, 6.45) is 1.85. The van der Waals surface area contributed by atoms with E-state index in [0.29, 0.717) is 11.4 Å². The van der Waals surface area contributed by atoms with Crippen molar-refractivity contribution in [2.45, 2.75) is 51.0 Å². The molecule has 0 spiro atoms. The number of pyridine rings is 2. The van der Waals surface area contributed by atoms with Crippen molar-refractivity contribution in [3.8, 4) is 46.0 Å². The van der Waals surface area contributed by atoms with Crippen LogP contribution in [0, 0.1) is 34.3 Å². The molecule has 0 aliphatic carbocycles. The zero-order valence-electron chi connectivity index (χ0n) is 40.7. The topological polar surface area (TPSA) is 214 Å². The van der Waals surface area contributed by atoms with Gasteiger partial charge in [0.05, 0.1) is 109 Å². The van der Waals surface area contributed by atoms with Crippen LogP contribution in [0.5, 0.6) is 0 Å². The maximum atomic E-state index is 14.7. The molecule has 10 rings (SSSR count). The molecule has 4 N–H and O–H groups in total. The first-order valence-electron chi connectivity index (χ1n) is 22.9. The van der Waals surface area contributed by atoms with Gasteiger partial charge in [0.2, 0.25) is 0 Å². The quantitative estimate of drug-likeness (QED) is 0.185. The van der Waals surface area contributed by atoms with Gasteiger partial charge in [0.25, 0.3) is 11.8 Å². The van der Waals surface area contributed by atoms with E-state index in [-0.39, 0.29) is 80.9 Å². The molecule has 0 radical (unpaired) electrons. The highest BCUT2D eigenvalue weighted by molar-refractivity contribution is 6.02. The standard InChI is InChI=1S/2C22H19FN6O2/c2*1-22(31)6-8-28(12-22)18-5-7-29(27-18)17-9-15(26-16-11-25-21(30)20(16)17)19-13(10-24)3-2-4-14(19)23/h2*2-5,7,9,31H,6,8,11-12H2,1H3,(H,25,30)/t22-;/m0./s1/i2*8D2,12D2. The number of halogens is 2. The number of nitrogens with one attached hydrogen (secondary N) is 2. The number of carbonyl (C=O) groups is 2. The molecule has 0 bridgehead atoms. The van der Waals surface area contributed by atoms with Crippen LogP contribution >= 0.6 is 0 Å². The van der Waals surface area contributed by atoms with Gasteiger partial charge in [-0.25, -0.2) is 28.1 Å². The van der Waals surface area contributed by atoms with E-state index < -0.39 is 73.5 Å². The zero-order chi connectivity index (χ0) is 50.7. The third kappa shape index (κ3) is 7.25. The molecule has 2 fully saturated rings. The Kier molecular flexibility index (Phi) is 7.67. The third-order valence-electron chi connectivity index (χ3n) is 10.2. The van der Waals surface area contributed by atoms with Gasteiger partial charge in [0.1, 0.15) is 11.6 Å². The molecule has 312 valence electrons. The lowest BCUT2D eigenvalue weighted by Gasteiger charge is -2.18. The Labute approximate surface area is 364 Å². The molecular formula is C44H38F2N12O4. The van der Waals surface area contributed by atoms with Crippen LogP contribution in [-0.4, -0.2) is 88.7 Å². The Morgan fingerprint density at radius 2 is 1.11 bits per heavy atom. The second-order valence-corrected chi connectivity index (χ2v) is 15.0. The van der Waals surface area contributed by atoms with Crippen LogP contribution in [0.15, 0.2) is 73.1 Å². The molecule has 16 nitrogen and oxygen atoms in total. The summed E-state index contributed by atoms with van der Waals surface area (Å²) in [6, 6.07) is 17.5. The number of rotatable bonds is 6. The summed E-state index contributed by atoms with van der Waals surface area (Å²) < 4.78 is 98.4. The largest absolute Gasteiger partial charge is 0.388 e. The van der Waals surface area contributed by atoms with Crippen LogP contribution < -0.4 is 20.4 Å². The van der Waals surface area contributed by atoms with Crippen LogP contribution in [0.3, 0.4) is 0 Å². The van der Waals surface area contributed by atoms with Crippen LogP contribution in [-0.2, 0) is 13.1 Å². The van der Waals surface area contributed by atoms with Crippen molar-refractivity contribution in [1.82, 2.24) is 40.2 Å². The van der Waals surface area contributed by atoms with Gasteiger partial charge in [0.15, 0.2) is 11.6 Å². The minimum absolute atomic E-state index is 0.0333. The maximum Gasteiger partial charge on any atom is 0.255 e. The molecule has 4 aliphatic heterocycles. The molecule has 2 saturated heterocycles. The van der Waals surface area contributed by atoms with E-state index in [9.17, 15) is 39.1 Å². The third-order valence-corrected chi connectivity index (χ3v) is 10.2. The number of carbonyl (C=O) groups excluding carboxylic acids is 2. The minimum atomic E-state index is -2.48. The van der Waals surface area contributed by atoms with Crippen LogP contribution in [0.4, 0.5) is 20.4 Å². The Balaban J connectivity index is 0.000000174. The number of nitrogens with zero attached hydrogens (tertiary/aromatic N) is 10. The minimum Gasteiger partial charge on any atom is -0.388 e. The fourth-order valence-electron chi connectivity index (χ4n) is 7.31. The lowest BCUT2D eigenvalue weighted by atomic mass is 10.0. The molecule has 2 atom stereocenters. The van der Waals surface area contributed by atoms with E-state index in [2.05, 4.69) is 30.8 Å². The summed E-state index contributed by atoms with van der Waals surface area (Å²) in [4.78, 5) is 35.5. The molecule has 1 unspecified atom stereocenters. The smallest absolute Gasteiger partial charge is 0.255 e. The highest BCUT2D eigenvalue weighted by atomic mass is 19.1. The van der Waals surface area contributed by atoms with Crippen LogP contribution in [0.25, 0.3) is 33.9 Å². The van der Waals surface area contributed by atoms with Crippen molar-refractivity contribution in [1.29, 1.82) is 10.5 Å². The number of β-amino-alcohol motifs (C(OH)–C–C–N with tert-alkyl or cyclic N) is 2. The Hall–Kier alpha value is -7.54. The van der Waals surface area contributed by atoms with E-state index in [1.165, 1.54) is 96.3 Å². The fourth-order valence-corrected chi connectivity index (χ4v) is 7.31. The first kappa shape index (κ1) is 31.4. The van der Waals surface area contributed by atoms with Crippen LogP contribution in [0.1, 0.15) is 80.9 Å². The fraction of sp³-hybridized carbons (Fsp3) is 0.273. The number of hydrogen-bond acceptors (Lipinski definition) is 12. The Bertz CT molecular complexity index is 3080. The number of fused-ring (bicyclic) bond motifs is 2. The summed E-state index contributed by atoms with van der Waals surface area (Å²) in [5.74, 6) is -2.41. The average Bonchev–Trinajstić information content (AvgIpc) is 4.12. The lowest BCUT2D eigenvalue weighted by molar-refractivity contribution is 0.0833. The van der Waals surface area contributed by atoms with E-state index in [1.807, 2.05) is 12.1 Å². The average molecular weight is 845 g/mol. The molecule has 4 aliphatic rings. The predicted octanol–water partition coefficient (Wildman–Crippen LogP) is 4.30. The first-order valence-corrected chi connectivity index (χ1v) is 18.9. The summed E-state index contributed by atoms with van der Waals surface area (Å²) >= 11 is 0. The molecule has 62 heavy (non-hydrogen) atoms. The SMILES string of the molecule is [2H]C1([2H])CC(C)(O)C([2H])([2H])N1c1ccn(-c2cc(-c3c(F)cccc3C#N)nc3c2C(=O)NC3)n1.[2H]C1([2H])C[C@](C)(O)C([2H])([2H])N1c1ccn(-c2cc(-c3c(F)cccc3C#N)nc3c2C(=O)NC3)n1. The van der Waals surface area contributed by atoms with E-state index in [4.69, 9.17) is 11.0 Å². The van der Waals surface area contributed by atoms with Gasteiger partial charge in [-0.15, -0.1) is 0 Å². The summed E-state index contributed by atoms with van der Waals surface area (Å²) in [5.41, 5.74) is -2.30. The van der Waals surface area contributed by atoms with E-state index in [1.54, 1.807) is 0 Å². The normalized spacial score (nSPS) is 25.1. The first-order chi connectivity index (χ1) is 32.7. The zero-order valence-corrected chi connectivity index (χ0v) is 32.7. The van der Waals surface area contributed by atoms with Crippen molar-refractivity contribution in [2.75, 3.05) is 35.8 Å². The second-order valence-electron chi connectivity index (χ2n) is 15.0. The molecule has 2 amide bonds. The van der Waals surface area contributed by atoms with Gasteiger partial charge in [0, 0.05) is 56.0 Å². The van der Waals surface area contributed by atoms with Crippen molar-refractivity contribution in [3.05, 3.63) is 118 Å². The lowest BCUT2D eigenvalue weighted by Crippen LogP contribution is -2.29. The summed E-state index contributed by atoms with van der Waals surface area (Å²) in [5, 5.41) is 53.9. The molecular weight excluding hydrogens is 799 g/mol. The van der Waals surface area contributed by atoms with Crippen molar-refractivity contribution >= 4 is 23.5 Å². The van der Waals surface area contributed by atoms with Gasteiger partial charge in [-0.2, -0.15) is 20.7 Å². The van der Waals surface area contributed by atoms with E-state index >= 15 is 0 Å². The molecule has 8 heterocycles. The second kappa shape index (κ2) is 15.2. The monoisotopic (exact) mass is 844 g/mol. The molecule has 18 heteroatoms. The van der Waals surface area contributed by atoms with E-state index in [0.717, 1.165) is 9.80 Å². The van der Waals surface area contributed by atoms with Crippen molar-refractivity contribution in [2.24, 2.45) is 0 Å². The number of aromatic nitrogens is 6. The van der Waals surface area contributed by atoms with Gasteiger partial charge in [-0.1, -0.05) is 12.1 Å². The Morgan fingerprint density at radius 1 is 0.694 bits per heavy atom. The highest BCUT2D eigenvalue weighted by Crippen LogP contribution is 2.35. The highest BCUT2D eigenvalue weighted by Gasteiger charge is 2.35. The predicted molar refractivity (Wildman–Crippen MR) is 220 cm³/mol. The number of amides is 2. The molecule has 6 aromatic rings. The molecule has 2 aromatic carbocycles. The number of hydrogen-bond donors (Lipinski definition) is 4. The Morgan fingerprint density at radius 3 is 1.48 bits per heavy atom. The summed E-state index contributed by atoms with van der Waals surface area (Å²) in [6.45, 7) is -6.85. The molecule has 0 saturated carbocycles. The van der Waals surface area contributed by atoms with Crippen molar-refractivity contribution in [3.63, 3.8) is 0 Å². The number of anilines is 2. The number of nitriles is 2. The van der Waals surface area contributed by atoms with Crippen molar-refractivity contribution < 1.29 is 39.5 Å². The maximum absolute atomic E-state index is 14.7. The number of aliphatic hydroxyl groups is 2. The van der Waals surface area contributed by atoms with Gasteiger partial charge >= 0.3 is 0 Å². The number of benzene rings is 2.